The topological polar surface area (TPSA) is 39.2 Å². The first-order valence-electron chi connectivity index (χ1n) is 3.92. The summed E-state index contributed by atoms with van der Waals surface area (Å²) in [7, 11) is 0. The first kappa shape index (κ1) is 5.98. The van der Waals surface area contributed by atoms with E-state index in [1.165, 1.54) is 0 Å². The third kappa shape index (κ3) is 1.39. The standard InChI is InChI=1S/C8H13NO/c1-3-7(9)8-5-4-6(2)10-8/h4-5,7H,3,9H2,1-2H3/t7-/m1/s1/i7D. The molecule has 0 aromatic carbocycles. The van der Waals surface area contributed by atoms with Gasteiger partial charge in [0.2, 0.25) is 0 Å². The molecular weight excluding hydrogens is 126 g/mol. The average Bonchev–Trinajstić information content (AvgIpc) is 2.36. The van der Waals surface area contributed by atoms with Gasteiger partial charge in [-0.3, -0.25) is 0 Å². The number of furan rings is 1. The molecule has 1 aromatic rings. The summed E-state index contributed by atoms with van der Waals surface area (Å²) in [5.41, 5.74) is 5.62. The maximum Gasteiger partial charge on any atom is 0.120 e. The van der Waals surface area contributed by atoms with E-state index < -0.39 is 6.02 Å². The van der Waals surface area contributed by atoms with Crippen molar-refractivity contribution < 1.29 is 5.79 Å². The van der Waals surface area contributed by atoms with Crippen molar-refractivity contribution in [1.29, 1.82) is 0 Å². The smallest absolute Gasteiger partial charge is 0.120 e. The third-order valence-electron chi connectivity index (χ3n) is 1.44. The lowest BCUT2D eigenvalue weighted by molar-refractivity contribution is 0.441. The number of hydrogen-bond acceptors (Lipinski definition) is 2. The molecule has 56 valence electrons. The van der Waals surface area contributed by atoms with Crippen LogP contribution < -0.4 is 5.73 Å². The van der Waals surface area contributed by atoms with Crippen LogP contribution in [0.25, 0.3) is 0 Å². The molecule has 1 heterocycles. The second-order valence-electron chi connectivity index (χ2n) is 2.29. The lowest BCUT2D eigenvalue weighted by Gasteiger charge is -2.02. The van der Waals surface area contributed by atoms with E-state index in [2.05, 4.69) is 0 Å². The van der Waals surface area contributed by atoms with Crippen LogP contribution in [0, 0.1) is 6.92 Å². The zero-order chi connectivity index (χ0) is 8.48. The van der Waals surface area contributed by atoms with Crippen LogP contribution in [0.4, 0.5) is 0 Å². The summed E-state index contributed by atoms with van der Waals surface area (Å²) in [6.07, 6.45) is 0.556. The molecule has 0 saturated heterocycles. The predicted octanol–water partition coefficient (Wildman–Crippen LogP) is 2.00. The van der Waals surface area contributed by atoms with Crippen molar-refractivity contribution >= 4 is 0 Å². The van der Waals surface area contributed by atoms with E-state index in [1.807, 2.05) is 19.9 Å². The first-order chi connectivity index (χ1) is 5.06. The molecule has 0 saturated carbocycles. The molecule has 1 aromatic heterocycles. The second kappa shape index (κ2) is 2.88. The van der Waals surface area contributed by atoms with E-state index in [0.717, 1.165) is 5.76 Å². The molecule has 0 bridgehead atoms. The molecule has 1 atom stereocenters. The molecule has 1 rings (SSSR count). The molecule has 2 nitrogen and oxygen atoms in total. The van der Waals surface area contributed by atoms with Crippen molar-refractivity contribution in [2.45, 2.75) is 26.3 Å². The van der Waals surface area contributed by atoms with Crippen LogP contribution in [-0.2, 0) is 0 Å². The minimum atomic E-state index is -1.06. The largest absolute Gasteiger partial charge is 0.465 e. The van der Waals surface area contributed by atoms with Gasteiger partial charge in [0.05, 0.1) is 7.39 Å². The first-order valence-corrected chi connectivity index (χ1v) is 3.42. The molecule has 0 radical (unpaired) electrons. The van der Waals surface area contributed by atoms with E-state index in [-0.39, 0.29) is 0 Å². The van der Waals surface area contributed by atoms with E-state index in [0.29, 0.717) is 12.2 Å². The van der Waals surface area contributed by atoms with E-state index in [9.17, 15) is 0 Å². The highest BCUT2D eigenvalue weighted by atomic mass is 16.3. The molecular formula is C8H13NO. The third-order valence-corrected chi connectivity index (χ3v) is 1.44. The molecule has 0 spiro atoms. The second-order valence-corrected chi connectivity index (χ2v) is 2.29. The van der Waals surface area contributed by atoms with Gasteiger partial charge in [0.1, 0.15) is 11.5 Å². The quantitative estimate of drug-likeness (QED) is 0.682. The maximum atomic E-state index is 7.61. The summed E-state index contributed by atoms with van der Waals surface area (Å²) in [6.45, 7) is 3.71. The van der Waals surface area contributed by atoms with E-state index in [1.54, 1.807) is 6.07 Å². The molecule has 10 heavy (non-hydrogen) atoms. The lowest BCUT2D eigenvalue weighted by atomic mass is 10.2. The zero-order valence-electron chi connectivity index (χ0n) is 7.35. The van der Waals surface area contributed by atoms with Gasteiger partial charge < -0.3 is 10.2 Å². The van der Waals surface area contributed by atoms with Gasteiger partial charge in [-0.25, -0.2) is 0 Å². The van der Waals surface area contributed by atoms with Crippen molar-refractivity contribution in [1.82, 2.24) is 0 Å². The predicted molar refractivity (Wildman–Crippen MR) is 40.7 cm³/mol. The fourth-order valence-electron chi connectivity index (χ4n) is 0.781. The molecule has 0 fully saturated rings. The van der Waals surface area contributed by atoms with Gasteiger partial charge >= 0.3 is 0 Å². The Balaban J connectivity index is 2.92. The fraction of sp³-hybridized carbons (Fsp3) is 0.500. The minimum absolute atomic E-state index is 0.539. The summed E-state index contributed by atoms with van der Waals surface area (Å²) in [5, 5.41) is 0. The van der Waals surface area contributed by atoms with Gasteiger partial charge in [-0.2, -0.15) is 0 Å². The maximum absolute atomic E-state index is 7.61. The zero-order valence-corrected chi connectivity index (χ0v) is 6.35. The molecule has 2 heteroatoms. The number of rotatable bonds is 2. The van der Waals surface area contributed by atoms with Crippen molar-refractivity contribution in [3.63, 3.8) is 0 Å². The molecule has 2 N–H and O–H groups in total. The SMILES string of the molecule is [2H][C@@](N)(CC)c1ccc(C)o1. The van der Waals surface area contributed by atoms with E-state index >= 15 is 0 Å². The minimum Gasteiger partial charge on any atom is -0.465 e. The van der Waals surface area contributed by atoms with Gasteiger partial charge in [-0.05, 0) is 25.5 Å². The molecule has 0 unspecified atom stereocenters. The van der Waals surface area contributed by atoms with E-state index in [4.69, 9.17) is 11.5 Å². The van der Waals surface area contributed by atoms with Crippen molar-refractivity contribution in [3.05, 3.63) is 23.7 Å². The molecule has 0 aliphatic rings. The number of nitrogens with two attached hydrogens (primary N) is 1. The fourth-order valence-corrected chi connectivity index (χ4v) is 0.781. The van der Waals surface area contributed by atoms with Crippen LogP contribution >= 0.6 is 0 Å². The highest BCUT2D eigenvalue weighted by molar-refractivity contribution is 5.08. The van der Waals surface area contributed by atoms with Crippen LogP contribution in [0.2, 0.25) is 0 Å². The Kier molecular flexibility index (Phi) is 1.72. The lowest BCUT2D eigenvalue weighted by Crippen LogP contribution is -2.06. The van der Waals surface area contributed by atoms with Crippen LogP contribution in [0.5, 0.6) is 0 Å². The van der Waals surface area contributed by atoms with Crippen molar-refractivity contribution in [2.75, 3.05) is 0 Å². The summed E-state index contributed by atoms with van der Waals surface area (Å²) in [6, 6.07) is 2.52. The monoisotopic (exact) mass is 140 g/mol. The Labute approximate surface area is 62.4 Å². The van der Waals surface area contributed by atoms with Gasteiger partial charge in [-0.1, -0.05) is 6.92 Å². The molecule has 0 amide bonds. The highest BCUT2D eigenvalue weighted by Gasteiger charge is 2.05. The summed E-state index contributed by atoms with van der Waals surface area (Å²) >= 11 is 0. The number of hydrogen-bond donors (Lipinski definition) is 1. The van der Waals surface area contributed by atoms with Crippen LogP contribution in [0.3, 0.4) is 0 Å². The van der Waals surface area contributed by atoms with Crippen LogP contribution in [0.15, 0.2) is 16.5 Å². The van der Waals surface area contributed by atoms with Crippen LogP contribution in [0.1, 0.15) is 32.3 Å². The van der Waals surface area contributed by atoms with Gasteiger partial charge in [0, 0.05) is 0 Å². The van der Waals surface area contributed by atoms with Crippen LogP contribution in [-0.4, -0.2) is 0 Å². The summed E-state index contributed by atoms with van der Waals surface area (Å²) in [4.78, 5) is 0. The summed E-state index contributed by atoms with van der Waals surface area (Å²) in [5.74, 6) is 1.34. The normalized spacial score (nSPS) is 18.1. The van der Waals surface area contributed by atoms with Gasteiger partial charge in [0.25, 0.3) is 0 Å². The molecule has 0 aliphatic heterocycles. The average molecular weight is 140 g/mol. The molecule has 0 aliphatic carbocycles. The Morgan fingerprint density at radius 2 is 2.50 bits per heavy atom. The number of aryl methyl sites for hydroxylation is 1. The Morgan fingerprint density at radius 3 is 2.90 bits per heavy atom. The highest BCUT2D eigenvalue weighted by Crippen LogP contribution is 2.15. The summed E-state index contributed by atoms with van der Waals surface area (Å²) < 4.78 is 12.8. The Bertz CT molecular complexity index is 242. The van der Waals surface area contributed by atoms with Gasteiger partial charge in [0.15, 0.2) is 0 Å². The Morgan fingerprint density at radius 1 is 1.80 bits per heavy atom. The van der Waals surface area contributed by atoms with Crippen molar-refractivity contribution in [2.24, 2.45) is 5.73 Å². The Hall–Kier alpha value is -0.760. The van der Waals surface area contributed by atoms with Crippen molar-refractivity contribution in [3.8, 4) is 0 Å². The van der Waals surface area contributed by atoms with Gasteiger partial charge in [-0.15, -0.1) is 0 Å².